The number of ether oxygens (including phenoxy) is 1. The number of rotatable bonds is 6. The van der Waals surface area contributed by atoms with Crippen molar-refractivity contribution in [1.82, 2.24) is 9.62 Å². The first-order chi connectivity index (χ1) is 7.52. The van der Waals surface area contributed by atoms with E-state index >= 15 is 0 Å². The second-order valence-electron chi connectivity index (χ2n) is 4.17. The summed E-state index contributed by atoms with van der Waals surface area (Å²) in [5.74, 6) is 0. The Labute approximate surface area is 98.2 Å². The van der Waals surface area contributed by atoms with Gasteiger partial charge in [-0.2, -0.15) is 4.31 Å². The highest BCUT2D eigenvalue weighted by atomic mass is 32.2. The average molecular weight is 250 g/mol. The lowest BCUT2D eigenvalue weighted by molar-refractivity contribution is 0.115. The Bertz CT molecular complexity index is 305. The summed E-state index contributed by atoms with van der Waals surface area (Å²) >= 11 is 0. The number of hydrogen-bond acceptors (Lipinski definition) is 4. The van der Waals surface area contributed by atoms with Gasteiger partial charge in [-0.05, 0) is 19.9 Å². The SMILES string of the molecule is CCNCC(C)S(=O)(=O)N1CCC(OC)C1. The highest BCUT2D eigenvalue weighted by Crippen LogP contribution is 2.18. The molecule has 0 aromatic heterocycles. The van der Waals surface area contributed by atoms with Crippen LogP contribution in [0.1, 0.15) is 20.3 Å². The molecule has 0 aliphatic carbocycles. The molecule has 0 aromatic rings. The summed E-state index contributed by atoms with van der Waals surface area (Å²) < 4.78 is 31.0. The van der Waals surface area contributed by atoms with E-state index in [1.807, 2.05) is 6.92 Å². The lowest BCUT2D eigenvalue weighted by Crippen LogP contribution is -2.41. The molecule has 0 bridgehead atoms. The molecule has 0 amide bonds. The van der Waals surface area contributed by atoms with Crippen LogP contribution in [-0.2, 0) is 14.8 Å². The van der Waals surface area contributed by atoms with Gasteiger partial charge < -0.3 is 10.1 Å². The number of methoxy groups -OCH3 is 1. The van der Waals surface area contributed by atoms with E-state index in [2.05, 4.69) is 5.32 Å². The fraction of sp³-hybridized carbons (Fsp3) is 1.00. The number of hydrogen-bond donors (Lipinski definition) is 1. The van der Waals surface area contributed by atoms with E-state index in [0.717, 1.165) is 13.0 Å². The Balaban J connectivity index is 2.57. The third-order valence-corrected chi connectivity index (χ3v) is 5.23. The predicted molar refractivity (Wildman–Crippen MR) is 63.9 cm³/mol. The number of sulfonamides is 1. The Morgan fingerprint density at radius 1 is 1.56 bits per heavy atom. The predicted octanol–water partition coefficient (Wildman–Crippen LogP) is 0.0349. The van der Waals surface area contributed by atoms with Crippen LogP contribution in [0, 0.1) is 0 Å². The van der Waals surface area contributed by atoms with E-state index in [4.69, 9.17) is 4.74 Å². The van der Waals surface area contributed by atoms with Crippen molar-refractivity contribution < 1.29 is 13.2 Å². The highest BCUT2D eigenvalue weighted by Gasteiger charge is 2.34. The summed E-state index contributed by atoms with van der Waals surface area (Å²) in [5.41, 5.74) is 0. The van der Waals surface area contributed by atoms with Gasteiger partial charge in [-0.15, -0.1) is 0 Å². The van der Waals surface area contributed by atoms with Crippen molar-refractivity contribution >= 4 is 10.0 Å². The second kappa shape index (κ2) is 5.95. The normalized spacial score (nSPS) is 24.8. The quantitative estimate of drug-likeness (QED) is 0.723. The van der Waals surface area contributed by atoms with Gasteiger partial charge in [0.2, 0.25) is 10.0 Å². The molecule has 0 aromatic carbocycles. The van der Waals surface area contributed by atoms with Crippen LogP contribution in [-0.4, -0.2) is 57.4 Å². The lowest BCUT2D eigenvalue weighted by atomic mass is 10.3. The zero-order chi connectivity index (χ0) is 12.2. The van der Waals surface area contributed by atoms with E-state index in [1.54, 1.807) is 18.3 Å². The molecule has 1 fully saturated rings. The molecular formula is C10H22N2O3S. The summed E-state index contributed by atoms with van der Waals surface area (Å²) in [4.78, 5) is 0. The smallest absolute Gasteiger partial charge is 0.218 e. The zero-order valence-corrected chi connectivity index (χ0v) is 11.1. The largest absolute Gasteiger partial charge is 0.380 e. The minimum atomic E-state index is -3.16. The van der Waals surface area contributed by atoms with Gasteiger partial charge in [0, 0.05) is 26.7 Å². The van der Waals surface area contributed by atoms with Crippen LogP contribution in [0.25, 0.3) is 0 Å². The van der Waals surface area contributed by atoms with Gasteiger partial charge in [-0.25, -0.2) is 8.42 Å². The molecule has 1 aliphatic rings. The molecule has 0 spiro atoms. The first kappa shape index (κ1) is 13.9. The lowest BCUT2D eigenvalue weighted by Gasteiger charge is -2.21. The Morgan fingerprint density at radius 2 is 2.25 bits per heavy atom. The van der Waals surface area contributed by atoms with E-state index in [-0.39, 0.29) is 11.4 Å². The molecule has 1 saturated heterocycles. The van der Waals surface area contributed by atoms with Crippen LogP contribution < -0.4 is 5.32 Å². The monoisotopic (exact) mass is 250 g/mol. The van der Waals surface area contributed by atoms with Crippen molar-refractivity contribution in [1.29, 1.82) is 0 Å². The van der Waals surface area contributed by atoms with Crippen molar-refractivity contribution in [2.75, 3.05) is 33.3 Å². The molecule has 1 aliphatic heterocycles. The van der Waals surface area contributed by atoms with E-state index in [1.165, 1.54) is 0 Å². The summed E-state index contributed by atoms with van der Waals surface area (Å²) in [6, 6.07) is 0. The molecule has 16 heavy (non-hydrogen) atoms. The Morgan fingerprint density at radius 3 is 2.75 bits per heavy atom. The van der Waals surface area contributed by atoms with Gasteiger partial charge in [0.25, 0.3) is 0 Å². The molecule has 5 nitrogen and oxygen atoms in total. The van der Waals surface area contributed by atoms with E-state index in [0.29, 0.717) is 19.6 Å². The van der Waals surface area contributed by atoms with Crippen molar-refractivity contribution in [2.24, 2.45) is 0 Å². The van der Waals surface area contributed by atoms with E-state index in [9.17, 15) is 8.42 Å². The summed E-state index contributed by atoms with van der Waals surface area (Å²) in [5, 5.41) is 2.69. The summed E-state index contributed by atoms with van der Waals surface area (Å²) in [6.07, 6.45) is 0.852. The highest BCUT2D eigenvalue weighted by molar-refractivity contribution is 7.89. The third kappa shape index (κ3) is 3.16. The zero-order valence-electron chi connectivity index (χ0n) is 10.3. The molecule has 0 saturated carbocycles. The van der Waals surface area contributed by atoms with Gasteiger partial charge in [-0.3, -0.25) is 0 Å². The summed E-state index contributed by atoms with van der Waals surface area (Å²) in [7, 11) is -1.54. The molecule has 96 valence electrons. The van der Waals surface area contributed by atoms with Gasteiger partial charge >= 0.3 is 0 Å². The average Bonchev–Trinajstić information content (AvgIpc) is 2.74. The third-order valence-electron chi connectivity index (χ3n) is 2.99. The molecular weight excluding hydrogens is 228 g/mol. The van der Waals surface area contributed by atoms with Crippen molar-refractivity contribution in [3.63, 3.8) is 0 Å². The fourth-order valence-electron chi connectivity index (χ4n) is 1.83. The van der Waals surface area contributed by atoms with Crippen molar-refractivity contribution in [3.8, 4) is 0 Å². The van der Waals surface area contributed by atoms with Crippen LogP contribution in [0.15, 0.2) is 0 Å². The maximum atomic E-state index is 12.1. The maximum Gasteiger partial charge on any atom is 0.218 e. The topological polar surface area (TPSA) is 58.6 Å². The van der Waals surface area contributed by atoms with Crippen LogP contribution in [0.3, 0.4) is 0 Å². The molecule has 2 unspecified atom stereocenters. The maximum absolute atomic E-state index is 12.1. The van der Waals surface area contributed by atoms with Gasteiger partial charge in [0.1, 0.15) is 0 Å². The molecule has 1 N–H and O–H groups in total. The minimum absolute atomic E-state index is 0.0566. The number of nitrogens with one attached hydrogen (secondary N) is 1. The molecule has 1 rings (SSSR count). The molecule has 0 radical (unpaired) electrons. The second-order valence-corrected chi connectivity index (χ2v) is 6.52. The molecule has 6 heteroatoms. The van der Waals surface area contributed by atoms with Gasteiger partial charge in [0.05, 0.1) is 11.4 Å². The molecule has 2 atom stereocenters. The minimum Gasteiger partial charge on any atom is -0.380 e. The van der Waals surface area contributed by atoms with Crippen LogP contribution >= 0.6 is 0 Å². The molecule has 1 heterocycles. The standard InChI is InChI=1S/C10H22N2O3S/c1-4-11-7-9(2)16(13,14)12-6-5-10(8-12)15-3/h9-11H,4-8H2,1-3H3. The fourth-order valence-corrected chi connectivity index (χ4v) is 3.40. The first-order valence-electron chi connectivity index (χ1n) is 5.74. The Kier molecular flexibility index (Phi) is 5.17. The number of nitrogens with zero attached hydrogens (tertiary/aromatic N) is 1. The van der Waals surface area contributed by atoms with Crippen molar-refractivity contribution in [2.45, 2.75) is 31.6 Å². The van der Waals surface area contributed by atoms with Crippen LogP contribution in [0.4, 0.5) is 0 Å². The van der Waals surface area contributed by atoms with E-state index < -0.39 is 10.0 Å². The Hall–Kier alpha value is -0.170. The summed E-state index contributed by atoms with van der Waals surface area (Å²) in [6.45, 7) is 6.09. The first-order valence-corrected chi connectivity index (χ1v) is 7.25. The van der Waals surface area contributed by atoms with Gasteiger partial charge in [0.15, 0.2) is 0 Å². The van der Waals surface area contributed by atoms with Crippen LogP contribution in [0.5, 0.6) is 0 Å². The van der Waals surface area contributed by atoms with Crippen LogP contribution in [0.2, 0.25) is 0 Å². The van der Waals surface area contributed by atoms with Gasteiger partial charge in [-0.1, -0.05) is 6.92 Å². The van der Waals surface area contributed by atoms with Crippen molar-refractivity contribution in [3.05, 3.63) is 0 Å².